The lowest BCUT2D eigenvalue weighted by Crippen LogP contribution is -2.47. The number of anilines is 2. The van der Waals surface area contributed by atoms with Gasteiger partial charge >= 0.3 is 0 Å². The second-order valence-electron chi connectivity index (χ2n) is 16.8. The topological polar surface area (TPSA) is 152 Å². The molecule has 2 saturated heterocycles. The van der Waals surface area contributed by atoms with Crippen LogP contribution in [0.5, 0.6) is 17.2 Å². The van der Waals surface area contributed by atoms with Crippen molar-refractivity contribution in [3.05, 3.63) is 89.2 Å². The molecule has 302 valence electrons. The fourth-order valence-electron chi connectivity index (χ4n) is 8.30. The van der Waals surface area contributed by atoms with Crippen LogP contribution in [-0.2, 0) is 14.8 Å². The van der Waals surface area contributed by atoms with Crippen LogP contribution in [0, 0.1) is 5.41 Å². The number of hydrogen-bond donors (Lipinski definition) is 3. The van der Waals surface area contributed by atoms with Crippen molar-refractivity contribution >= 4 is 49.9 Å². The number of nitrogens with two attached hydrogens (primary N) is 1. The zero-order valence-corrected chi connectivity index (χ0v) is 34.2. The van der Waals surface area contributed by atoms with Gasteiger partial charge in [0.05, 0.1) is 34.6 Å². The molecule has 14 heteroatoms. The number of carbonyl (C=O) groups is 1. The number of nitrogens with one attached hydrogen (secondary N) is 2. The number of aromatic amines is 1. The van der Waals surface area contributed by atoms with Gasteiger partial charge in [-0.05, 0) is 92.8 Å². The van der Waals surface area contributed by atoms with Crippen molar-refractivity contribution in [3.8, 4) is 17.2 Å². The molecule has 8 rings (SSSR count). The Kier molecular flexibility index (Phi) is 10.8. The van der Waals surface area contributed by atoms with Gasteiger partial charge in [0.1, 0.15) is 29.0 Å². The summed E-state index contributed by atoms with van der Waals surface area (Å²) in [5.41, 5.74) is 11.3. The summed E-state index contributed by atoms with van der Waals surface area (Å²) in [5, 5.41) is 1.54. The predicted molar refractivity (Wildman–Crippen MR) is 223 cm³/mol. The van der Waals surface area contributed by atoms with Crippen LogP contribution in [0.25, 0.3) is 11.0 Å². The average molecular weight is 815 g/mol. The number of rotatable bonds is 13. The third-order valence-corrected chi connectivity index (χ3v) is 13.3. The van der Waals surface area contributed by atoms with Crippen molar-refractivity contribution < 1.29 is 27.4 Å². The molecule has 4 aliphatic rings. The first kappa shape index (κ1) is 39.3. The van der Waals surface area contributed by atoms with Gasteiger partial charge in [0.25, 0.3) is 15.9 Å². The van der Waals surface area contributed by atoms with E-state index < -0.39 is 15.9 Å². The third kappa shape index (κ3) is 9.12. The van der Waals surface area contributed by atoms with Gasteiger partial charge in [0.2, 0.25) is 0 Å². The van der Waals surface area contributed by atoms with Crippen molar-refractivity contribution in [2.75, 3.05) is 50.0 Å². The minimum atomic E-state index is -4.32. The summed E-state index contributed by atoms with van der Waals surface area (Å²) in [6, 6.07) is 13.1. The van der Waals surface area contributed by atoms with Crippen molar-refractivity contribution in [3.63, 3.8) is 0 Å². The highest BCUT2D eigenvalue weighted by molar-refractivity contribution is 7.90. The highest BCUT2D eigenvalue weighted by Crippen LogP contribution is 2.48. The van der Waals surface area contributed by atoms with Crippen LogP contribution in [0.4, 0.5) is 11.4 Å². The van der Waals surface area contributed by atoms with Crippen molar-refractivity contribution in [2.45, 2.75) is 81.8 Å². The Morgan fingerprint density at radius 1 is 1.07 bits per heavy atom. The van der Waals surface area contributed by atoms with E-state index in [2.05, 4.69) is 44.9 Å². The van der Waals surface area contributed by atoms with Gasteiger partial charge in [-0.3, -0.25) is 9.69 Å². The Hall–Kier alpha value is -4.56. The van der Waals surface area contributed by atoms with Gasteiger partial charge in [0.15, 0.2) is 0 Å². The molecular weight excluding hydrogens is 764 g/mol. The van der Waals surface area contributed by atoms with Crippen molar-refractivity contribution in [1.82, 2.24) is 19.6 Å². The lowest BCUT2D eigenvalue weighted by Gasteiger charge is -2.39. The SMILES string of the molecule is C=C(Cl)CCC1=C(CN2CCN(c3ccc(C(=O)NS(=O)(=O)c4ccc(OC5COC6(CC6)C5)c(N)c4)c(Oc4cnc5[nH]ccc5c4)c3)CC2)CCC(C)(C)C1. The van der Waals surface area contributed by atoms with Gasteiger partial charge in [-0.1, -0.05) is 43.2 Å². The Morgan fingerprint density at radius 2 is 1.88 bits per heavy atom. The smallest absolute Gasteiger partial charge is 0.268 e. The molecule has 1 spiro atoms. The molecule has 4 heterocycles. The zero-order chi connectivity index (χ0) is 40.0. The van der Waals surface area contributed by atoms with E-state index in [1.165, 1.54) is 35.8 Å². The van der Waals surface area contributed by atoms with Crippen LogP contribution in [0.15, 0.2) is 88.6 Å². The summed E-state index contributed by atoms with van der Waals surface area (Å²) in [6.07, 6.45) is 11.2. The first-order valence-corrected chi connectivity index (χ1v) is 21.6. The third-order valence-electron chi connectivity index (χ3n) is 11.8. The molecule has 1 saturated carbocycles. The van der Waals surface area contributed by atoms with Crippen LogP contribution in [0.1, 0.15) is 75.6 Å². The quantitative estimate of drug-likeness (QED) is 0.0897. The van der Waals surface area contributed by atoms with Crippen molar-refractivity contribution in [1.29, 1.82) is 0 Å². The van der Waals surface area contributed by atoms with E-state index in [1.54, 1.807) is 24.5 Å². The second kappa shape index (κ2) is 15.7. The molecule has 2 aromatic carbocycles. The van der Waals surface area contributed by atoms with E-state index in [-0.39, 0.29) is 33.6 Å². The van der Waals surface area contributed by atoms with Crippen LogP contribution >= 0.6 is 11.6 Å². The maximum Gasteiger partial charge on any atom is 0.268 e. The maximum atomic E-state index is 13.8. The Labute approximate surface area is 339 Å². The number of carbonyl (C=O) groups excluding carboxylic acids is 1. The summed E-state index contributed by atoms with van der Waals surface area (Å²) in [5.74, 6) is 0.143. The van der Waals surface area contributed by atoms with Gasteiger partial charge in [-0.25, -0.2) is 18.1 Å². The monoisotopic (exact) mass is 814 g/mol. The summed E-state index contributed by atoms with van der Waals surface area (Å²) < 4.78 is 47.6. The number of benzene rings is 2. The number of halogens is 1. The van der Waals surface area contributed by atoms with Gasteiger partial charge in [-0.15, -0.1) is 0 Å². The minimum Gasteiger partial charge on any atom is -0.486 e. The minimum absolute atomic E-state index is 0.0533. The normalized spacial score (nSPS) is 20.5. The van der Waals surface area contributed by atoms with E-state index in [4.69, 9.17) is 31.5 Å². The molecule has 4 aromatic rings. The number of nitrogen functional groups attached to an aromatic ring is 1. The fourth-order valence-corrected chi connectivity index (χ4v) is 9.39. The van der Waals surface area contributed by atoms with Crippen LogP contribution < -0.4 is 24.8 Å². The number of H-pyrrole nitrogens is 1. The Balaban J connectivity index is 0.980. The van der Waals surface area contributed by atoms with Crippen LogP contribution in [0.2, 0.25) is 0 Å². The number of pyridine rings is 1. The van der Waals surface area contributed by atoms with Crippen LogP contribution in [0.3, 0.4) is 0 Å². The molecule has 4 N–H and O–H groups in total. The summed E-state index contributed by atoms with van der Waals surface area (Å²) >= 11 is 6.17. The standard InChI is InChI=1S/C43H51ClN6O6S/c1-28(44)4-5-30-23-42(2,3)12-10-31(30)26-49-16-18-50(19-17-49)32-6-8-36(39(21-32)55-33-20-29-11-15-46-40(29)47-25-33)41(51)48-57(52,53)35-7-9-38(37(45)22-35)56-34-24-43(13-14-43)54-27-34/h6-9,11,15,20-22,25,34H,1,4-5,10,12-14,16-19,23-24,26-27,45H2,2-3H3,(H,46,47)(H,48,51). The molecule has 2 aliphatic heterocycles. The molecular formula is C43H51ClN6O6S. The van der Waals surface area contributed by atoms with E-state index in [0.29, 0.717) is 34.2 Å². The van der Waals surface area contributed by atoms with Crippen molar-refractivity contribution in [2.24, 2.45) is 5.41 Å². The molecule has 0 radical (unpaired) electrons. The summed E-state index contributed by atoms with van der Waals surface area (Å²) in [4.78, 5) is 26.0. The van der Waals surface area contributed by atoms with E-state index in [0.717, 1.165) is 88.7 Å². The fraction of sp³-hybridized carbons (Fsp3) is 0.442. The van der Waals surface area contributed by atoms with E-state index in [1.807, 2.05) is 18.2 Å². The van der Waals surface area contributed by atoms with Gasteiger partial charge in [-0.2, -0.15) is 0 Å². The molecule has 57 heavy (non-hydrogen) atoms. The number of fused-ring (bicyclic) bond motifs is 1. The maximum absolute atomic E-state index is 13.8. The predicted octanol–water partition coefficient (Wildman–Crippen LogP) is 7.92. The number of amides is 1. The molecule has 2 aliphatic carbocycles. The van der Waals surface area contributed by atoms with Gasteiger partial charge < -0.3 is 29.8 Å². The molecule has 12 nitrogen and oxygen atoms in total. The molecule has 0 bridgehead atoms. The first-order valence-electron chi connectivity index (χ1n) is 19.8. The van der Waals surface area contributed by atoms with E-state index >= 15 is 0 Å². The second-order valence-corrected chi connectivity index (χ2v) is 19.0. The van der Waals surface area contributed by atoms with Crippen LogP contribution in [-0.4, -0.2) is 80.2 Å². The molecule has 2 aromatic heterocycles. The first-order chi connectivity index (χ1) is 27.2. The van der Waals surface area contributed by atoms with E-state index in [9.17, 15) is 13.2 Å². The number of piperazine rings is 1. The number of ether oxygens (including phenoxy) is 3. The number of allylic oxidation sites excluding steroid dienone is 2. The number of nitrogens with zero attached hydrogens (tertiary/aromatic N) is 3. The molecule has 1 amide bonds. The largest absolute Gasteiger partial charge is 0.486 e. The van der Waals surface area contributed by atoms with Gasteiger partial charge in [0, 0.05) is 67.5 Å². The Bertz CT molecular complexity index is 2330. The number of sulfonamides is 1. The molecule has 1 unspecified atom stereocenters. The molecule has 3 fully saturated rings. The Morgan fingerprint density at radius 3 is 2.61 bits per heavy atom. The number of hydrogen-bond acceptors (Lipinski definition) is 10. The summed E-state index contributed by atoms with van der Waals surface area (Å²) in [7, 11) is -4.32. The highest BCUT2D eigenvalue weighted by Gasteiger charge is 2.51. The zero-order valence-electron chi connectivity index (χ0n) is 32.6. The lowest BCUT2D eigenvalue weighted by atomic mass is 9.73. The lowest BCUT2D eigenvalue weighted by molar-refractivity contribution is 0.0786. The molecule has 1 atom stereocenters. The highest BCUT2D eigenvalue weighted by atomic mass is 35.5. The summed E-state index contributed by atoms with van der Waals surface area (Å²) in [6.45, 7) is 13.3. The average Bonchev–Trinajstić information content (AvgIpc) is 3.56. The number of aromatic nitrogens is 2.